The zero-order chi connectivity index (χ0) is 13.0. The summed E-state index contributed by atoms with van der Waals surface area (Å²) in [6, 6.07) is -0.985. The van der Waals surface area contributed by atoms with Gasteiger partial charge in [0.2, 0.25) is 5.96 Å². The number of aliphatic imine (C=N–C) groups is 2. The van der Waals surface area contributed by atoms with Crippen molar-refractivity contribution in [2.45, 2.75) is 31.0 Å². The van der Waals surface area contributed by atoms with Crippen LogP contribution < -0.4 is 17.2 Å². The molecule has 0 saturated carbocycles. The number of nitrogens with zero attached hydrogens (tertiary/aromatic N) is 2. The molecule has 0 spiro atoms. The number of aliphatic hydroxyl groups excluding tert-OH is 3. The lowest BCUT2D eigenvalue weighted by Gasteiger charge is -2.34. The highest BCUT2D eigenvalue weighted by molar-refractivity contribution is 5.92. The molecule has 0 aromatic carbocycles. The SMILES string of the molecule is NC(N)=NC(N)=N[C@H]1[C@H](O)O[C@H](CO)C[C@@H]1O. The molecule has 0 radical (unpaired) electrons. The second-order valence-corrected chi connectivity index (χ2v) is 3.65. The highest BCUT2D eigenvalue weighted by atomic mass is 16.6. The van der Waals surface area contributed by atoms with Crippen molar-refractivity contribution in [2.24, 2.45) is 27.2 Å². The van der Waals surface area contributed by atoms with E-state index in [4.69, 9.17) is 27.0 Å². The summed E-state index contributed by atoms with van der Waals surface area (Å²) < 4.78 is 5.00. The van der Waals surface area contributed by atoms with Gasteiger partial charge in [0.15, 0.2) is 12.2 Å². The van der Waals surface area contributed by atoms with Gasteiger partial charge in [-0.2, -0.15) is 4.99 Å². The predicted octanol–water partition coefficient (Wildman–Crippen LogP) is -3.60. The highest BCUT2D eigenvalue weighted by Crippen LogP contribution is 2.21. The Morgan fingerprint density at radius 3 is 2.41 bits per heavy atom. The molecule has 9 N–H and O–H groups in total. The summed E-state index contributed by atoms with van der Waals surface area (Å²) >= 11 is 0. The highest BCUT2D eigenvalue weighted by Gasteiger charge is 2.36. The Morgan fingerprint density at radius 1 is 1.29 bits per heavy atom. The summed E-state index contributed by atoms with van der Waals surface area (Å²) in [7, 11) is 0. The van der Waals surface area contributed by atoms with Crippen LogP contribution >= 0.6 is 0 Å². The summed E-state index contributed by atoms with van der Waals surface area (Å²) in [4.78, 5) is 7.20. The van der Waals surface area contributed by atoms with E-state index >= 15 is 0 Å². The maximum absolute atomic E-state index is 9.70. The molecule has 0 aromatic heterocycles. The van der Waals surface area contributed by atoms with Crippen LogP contribution in [0.15, 0.2) is 9.98 Å². The van der Waals surface area contributed by atoms with Crippen molar-refractivity contribution in [2.75, 3.05) is 6.61 Å². The summed E-state index contributed by atoms with van der Waals surface area (Å²) in [5, 5.41) is 28.1. The number of nitrogens with two attached hydrogens (primary N) is 3. The van der Waals surface area contributed by atoms with Gasteiger partial charge in [0.25, 0.3) is 0 Å². The summed E-state index contributed by atoms with van der Waals surface area (Å²) in [5.41, 5.74) is 15.6. The molecule has 98 valence electrons. The van der Waals surface area contributed by atoms with Gasteiger partial charge in [0, 0.05) is 6.42 Å². The van der Waals surface area contributed by atoms with Gasteiger partial charge in [0.05, 0.1) is 18.8 Å². The van der Waals surface area contributed by atoms with Gasteiger partial charge in [-0.25, -0.2) is 4.99 Å². The van der Waals surface area contributed by atoms with E-state index in [1.807, 2.05) is 0 Å². The fourth-order valence-electron chi connectivity index (χ4n) is 1.51. The fraction of sp³-hybridized carbons (Fsp3) is 0.750. The molecule has 0 aliphatic carbocycles. The van der Waals surface area contributed by atoms with Crippen molar-refractivity contribution >= 4 is 11.9 Å². The average molecular weight is 247 g/mol. The van der Waals surface area contributed by atoms with Crippen LogP contribution in [0, 0.1) is 0 Å². The Morgan fingerprint density at radius 2 is 1.94 bits per heavy atom. The monoisotopic (exact) mass is 247 g/mol. The van der Waals surface area contributed by atoms with E-state index < -0.39 is 24.5 Å². The third-order valence-electron chi connectivity index (χ3n) is 2.25. The molecule has 1 saturated heterocycles. The van der Waals surface area contributed by atoms with Crippen molar-refractivity contribution in [3.05, 3.63) is 0 Å². The maximum Gasteiger partial charge on any atom is 0.219 e. The van der Waals surface area contributed by atoms with E-state index in [0.717, 1.165) is 0 Å². The molecule has 0 unspecified atom stereocenters. The number of ether oxygens (including phenoxy) is 1. The van der Waals surface area contributed by atoms with Crippen LogP contribution in [0.4, 0.5) is 0 Å². The molecule has 1 fully saturated rings. The van der Waals surface area contributed by atoms with Crippen LogP contribution in [0.2, 0.25) is 0 Å². The molecule has 9 heteroatoms. The molecule has 17 heavy (non-hydrogen) atoms. The number of hydrogen-bond acceptors (Lipinski definition) is 5. The van der Waals surface area contributed by atoms with Crippen LogP contribution in [0.1, 0.15) is 6.42 Å². The van der Waals surface area contributed by atoms with Gasteiger partial charge in [-0.1, -0.05) is 0 Å². The molecule has 1 aliphatic heterocycles. The van der Waals surface area contributed by atoms with Crippen molar-refractivity contribution in [3.8, 4) is 0 Å². The summed E-state index contributed by atoms with van der Waals surface area (Å²) in [5.74, 6) is -0.542. The zero-order valence-corrected chi connectivity index (χ0v) is 9.10. The Balaban J connectivity index is 2.74. The van der Waals surface area contributed by atoms with Crippen LogP contribution in [-0.4, -0.2) is 58.4 Å². The first-order valence-electron chi connectivity index (χ1n) is 4.99. The van der Waals surface area contributed by atoms with E-state index in [2.05, 4.69) is 9.98 Å². The van der Waals surface area contributed by atoms with E-state index in [-0.39, 0.29) is 24.9 Å². The zero-order valence-electron chi connectivity index (χ0n) is 9.10. The lowest BCUT2D eigenvalue weighted by atomic mass is 10.0. The molecule has 1 heterocycles. The number of hydrogen-bond donors (Lipinski definition) is 6. The molecule has 0 bridgehead atoms. The Kier molecular flexibility index (Phi) is 4.63. The number of guanidine groups is 2. The minimum Gasteiger partial charge on any atom is -0.394 e. The van der Waals surface area contributed by atoms with Gasteiger partial charge in [-0.05, 0) is 0 Å². The third kappa shape index (κ3) is 3.82. The Hall–Kier alpha value is -1.42. The lowest BCUT2D eigenvalue weighted by molar-refractivity contribution is -0.207. The second kappa shape index (κ2) is 5.77. The first-order chi connectivity index (χ1) is 7.93. The van der Waals surface area contributed by atoms with E-state index in [1.54, 1.807) is 0 Å². The quantitative estimate of drug-likeness (QED) is 0.216. The normalized spacial score (nSPS) is 34.4. The summed E-state index contributed by atoms with van der Waals surface area (Å²) in [6.45, 7) is -0.298. The molecule has 9 nitrogen and oxygen atoms in total. The first kappa shape index (κ1) is 13.6. The van der Waals surface area contributed by atoms with Crippen LogP contribution in [-0.2, 0) is 4.74 Å². The van der Waals surface area contributed by atoms with Gasteiger partial charge in [-0.15, -0.1) is 0 Å². The standard InChI is InChI=1S/C8H17N5O4/c9-7(10)13-8(11)12-5-4(15)1-3(2-14)17-6(5)16/h3-6,14-16H,1-2H2,(H6,9,10,11,12,13)/t3-,4-,5+,6+/m0/s1. The van der Waals surface area contributed by atoms with E-state index in [9.17, 15) is 10.2 Å². The van der Waals surface area contributed by atoms with Gasteiger partial charge < -0.3 is 37.3 Å². The maximum atomic E-state index is 9.70. The third-order valence-corrected chi connectivity index (χ3v) is 2.25. The fourth-order valence-corrected chi connectivity index (χ4v) is 1.51. The lowest BCUT2D eigenvalue weighted by Crippen LogP contribution is -2.49. The predicted molar refractivity (Wildman–Crippen MR) is 59.8 cm³/mol. The van der Waals surface area contributed by atoms with Gasteiger partial charge >= 0.3 is 0 Å². The number of rotatable bonds is 2. The smallest absolute Gasteiger partial charge is 0.219 e. The molecule has 4 atom stereocenters. The molecule has 1 rings (SSSR count). The minimum absolute atomic E-state index is 0.136. The topological polar surface area (TPSA) is 173 Å². The van der Waals surface area contributed by atoms with Crippen LogP contribution in [0.25, 0.3) is 0 Å². The van der Waals surface area contributed by atoms with E-state index in [0.29, 0.717) is 0 Å². The van der Waals surface area contributed by atoms with Crippen molar-refractivity contribution in [1.82, 2.24) is 0 Å². The van der Waals surface area contributed by atoms with Gasteiger partial charge in [0.1, 0.15) is 6.04 Å². The Labute approximate surface area is 97.6 Å². The molecular formula is C8H17N5O4. The average Bonchev–Trinajstić information content (AvgIpc) is 2.22. The van der Waals surface area contributed by atoms with Crippen molar-refractivity contribution in [1.29, 1.82) is 0 Å². The van der Waals surface area contributed by atoms with E-state index in [1.165, 1.54) is 0 Å². The van der Waals surface area contributed by atoms with Gasteiger partial charge in [-0.3, -0.25) is 0 Å². The van der Waals surface area contributed by atoms with Crippen LogP contribution in [0.3, 0.4) is 0 Å². The first-order valence-corrected chi connectivity index (χ1v) is 4.99. The minimum atomic E-state index is -1.37. The second-order valence-electron chi connectivity index (χ2n) is 3.65. The largest absolute Gasteiger partial charge is 0.394 e. The molecule has 0 aromatic rings. The molecule has 1 aliphatic rings. The number of aliphatic hydroxyl groups is 3. The summed E-state index contributed by atoms with van der Waals surface area (Å²) in [6.07, 6.45) is -2.86. The Bertz CT molecular complexity index is 305. The van der Waals surface area contributed by atoms with Crippen molar-refractivity contribution < 1.29 is 20.1 Å². The molecular weight excluding hydrogens is 230 g/mol. The van der Waals surface area contributed by atoms with Crippen molar-refractivity contribution in [3.63, 3.8) is 0 Å². The van der Waals surface area contributed by atoms with Crippen LogP contribution in [0.5, 0.6) is 0 Å². The molecule has 0 amide bonds.